The van der Waals surface area contributed by atoms with Gasteiger partial charge in [0, 0.05) is 27.5 Å². The van der Waals surface area contributed by atoms with Crippen LogP contribution in [0.25, 0.3) is 105 Å². The van der Waals surface area contributed by atoms with Gasteiger partial charge in [0.1, 0.15) is 0 Å². The van der Waals surface area contributed by atoms with Crippen LogP contribution < -0.4 is 0 Å². The molecule has 4 heteroatoms. The standard InChI is InChI=1S/C51H32N4/c1-3-15-33(16-4-1)35-19-13-20-36(31-35)38-26-14-27-45-44-25-11-12-28-47(44)55(48(38)45)51-53-49(34-17-5-2-6-18-34)52-50(54-51)37-29-30-43-41-23-8-7-21-39(41)40-22-9-10-24-42(40)46(43)32-37/h1-32H/i3D,4D,5D,6D,7D,8D,9D,10D,11D,12D,13D,14D,15D,16D,17D,20D,24D,26D,27D,29D,30D,31D,32D. The smallest absolute Gasteiger partial charge is 0.238 e. The van der Waals surface area contributed by atoms with Gasteiger partial charge in [-0.2, -0.15) is 9.97 Å². The fraction of sp³-hybridized carbons (Fsp3) is 0. The first kappa shape index (κ1) is 15.9. The molecule has 11 aromatic rings. The van der Waals surface area contributed by atoms with Crippen LogP contribution in [0.5, 0.6) is 0 Å². The monoisotopic (exact) mass is 723 g/mol. The summed E-state index contributed by atoms with van der Waals surface area (Å²) in [7, 11) is 0. The highest BCUT2D eigenvalue weighted by Crippen LogP contribution is 2.40. The van der Waals surface area contributed by atoms with Crippen molar-refractivity contribution in [2.75, 3.05) is 0 Å². The molecule has 11 rings (SSSR count). The first-order valence-electron chi connectivity index (χ1n) is 28.2. The highest BCUT2D eigenvalue weighted by atomic mass is 15.2. The third-order valence-electron chi connectivity index (χ3n) is 9.15. The summed E-state index contributed by atoms with van der Waals surface area (Å²) in [5.74, 6) is -1.73. The van der Waals surface area contributed by atoms with Crippen LogP contribution in [0.4, 0.5) is 0 Å². The van der Waals surface area contributed by atoms with Crippen LogP contribution in [0.1, 0.15) is 31.5 Å². The predicted octanol–water partition coefficient (Wildman–Crippen LogP) is 13.1. The summed E-state index contributed by atoms with van der Waals surface area (Å²) in [6.07, 6.45) is 0. The molecule has 0 N–H and O–H groups in total. The molecule has 0 radical (unpaired) electrons. The van der Waals surface area contributed by atoms with E-state index in [-0.39, 0.29) is 89.4 Å². The van der Waals surface area contributed by atoms with Gasteiger partial charge in [-0.25, -0.2) is 4.98 Å². The first-order valence-corrected chi connectivity index (χ1v) is 16.7. The van der Waals surface area contributed by atoms with Gasteiger partial charge in [-0.15, -0.1) is 0 Å². The summed E-state index contributed by atoms with van der Waals surface area (Å²) < 4.78 is 208. The van der Waals surface area contributed by atoms with Crippen LogP contribution in [0.3, 0.4) is 0 Å². The number of para-hydroxylation sites is 2. The van der Waals surface area contributed by atoms with Gasteiger partial charge in [0.25, 0.3) is 0 Å². The molecule has 256 valence electrons. The number of hydrogen-bond acceptors (Lipinski definition) is 3. The lowest BCUT2D eigenvalue weighted by Crippen LogP contribution is -2.07. The minimum atomic E-state index is -0.817. The van der Waals surface area contributed by atoms with Crippen molar-refractivity contribution in [2.24, 2.45) is 0 Å². The van der Waals surface area contributed by atoms with E-state index in [2.05, 4.69) is 4.98 Å². The number of nitrogens with zero attached hydrogens (tertiary/aromatic N) is 4. The molecule has 0 atom stereocenters. The SMILES string of the molecule is [2H]c1cc([2H])c([2H])c(-c2nc(-c3c([2H])c([2H])c4c5cc([2H])c([2H])cc5c5cc([2H])c([2H])c([2H])c5c4c3[2H])nc(-n3c4cc([2H])c([2H])cc4c4c([2H])c([2H])c([2H])c(-c5c([2H])c([2H])cc(-c6c([2H])c([2H])cc([2H])c6[2H])c5[2H])c43)n2)c1. The molecule has 0 saturated heterocycles. The second-order valence-corrected chi connectivity index (χ2v) is 12.2. The zero-order valence-electron chi connectivity index (χ0n) is 51.0. The zero-order chi connectivity index (χ0) is 56.3. The van der Waals surface area contributed by atoms with Crippen molar-refractivity contribution < 1.29 is 31.5 Å². The molecule has 0 aliphatic rings. The van der Waals surface area contributed by atoms with Crippen molar-refractivity contribution in [3.8, 4) is 51.0 Å². The Morgan fingerprint density at radius 2 is 1.00 bits per heavy atom. The number of hydrogen-bond donors (Lipinski definition) is 0. The summed E-state index contributed by atoms with van der Waals surface area (Å²) in [6.45, 7) is 0. The Hall–Kier alpha value is -7.43. The molecule has 0 aliphatic carbocycles. The van der Waals surface area contributed by atoms with Crippen LogP contribution >= 0.6 is 0 Å². The molecule has 2 aromatic heterocycles. The molecule has 55 heavy (non-hydrogen) atoms. The molecular formula is C51H32N4. The van der Waals surface area contributed by atoms with Gasteiger partial charge in [0.05, 0.1) is 42.6 Å². The highest BCUT2D eigenvalue weighted by molar-refractivity contribution is 6.25. The van der Waals surface area contributed by atoms with E-state index < -0.39 is 155 Å². The maximum atomic E-state index is 9.97. The topological polar surface area (TPSA) is 43.6 Å². The van der Waals surface area contributed by atoms with E-state index >= 15 is 0 Å². The van der Waals surface area contributed by atoms with E-state index in [0.29, 0.717) is 0 Å². The average molecular weight is 724 g/mol. The van der Waals surface area contributed by atoms with Crippen LogP contribution in [0.2, 0.25) is 0 Å². The Bertz CT molecular complexity index is 4560. The Labute approximate surface area is 350 Å². The normalized spacial score (nSPS) is 17.5. The summed E-state index contributed by atoms with van der Waals surface area (Å²) in [5.41, 5.74) is -3.22. The summed E-state index contributed by atoms with van der Waals surface area (Å²) in [5, 5.41) is -0.355. The lowest BCUT2D eigenvalue weighted by atomic mass is 9.93. The predicted molar refractivity (Wildman–Crippen MR) is 228 cm³/mol. The second kappa shape index (κ2) is 12.6. The third kappa shape index (κ3) is 5.11. The van der Waals surface area contributed by atoms with Crippen LogP contribution in [-0.2, 0) is 0 Å². The van der Waals surface area contributed by atoms with E-state index in [1.54, 1.807) is 0 Å². The summed E-state index contributed by atoms with van der Waals surface area (Å²) >= 11 is 0. The largest absolute Gasteiger partial charge is 0.277 e. The maximum Gasteiger partial charge on any atom is 0.238 e. The lowest BCUT2D eigenvalue weighted by molar-refractivity contribution is 0.954. The van der Waals surface area contributed by atoms with Crippen molar-refractivity contribution in [3.05, 3.63) is 194 Å². The lowest BCUT2D eigenvalue weighted by Gasteiger charge is -2.14. The molecule has 0 unspecified atom stereocenters. The van der Waals surface area contributed by atoms with Crippen LogP contribution in [0.15, 0.2) is 194 Å². The van der Waals surface area contributed by atoms with Crippen molar-refractivity contribution in [1.82, 2.24) is 19.5 Å². The van der Waals surface area contributed by atoms with E-state index in [4.69, 9.17) is 31.9 Å². The minimum absolute atomic E-state index is 0.0487. The Morgan fingerprint density at radius 3 is 1.84 bits per heavy atom. The molecule has 0 fully saturated rings. The van der Waals surface area contributed by atoms with Crippen molar-refractivity contribution in [3.63, 3.8) is 0 Å². The molecule has 0 saturated carbocycles. The fourth-order valence-corrected chi connectivity index (χ4v) is 6.76. The van der Waals surface area contributed by atoms with Gasteiger partial charge in [0.2, 0.25) is 5.95 Å². The number of fused-ring (bicyclic) bond motifs is 9. The molecule has 9 aromatic carbocycles. The molecule has 2 heterocycles. The van der Waals surface area contributed by atoms with Crippen LogP contribution in [-0.4, -0.2) is 19.5 Å². The van der Waals surface area contributed by atoms with Crippen molar-refractivity contribution in [2.45, 2.75) is 0 Å². The molecule has 0 bridgehead atoms. The minimum Gasteiger partial charge on any atom is -0.277 e. The molecular weight excluding hydrogens is 669 g/mol. The Balaban J connectivity index is 1.36. The van der Waals surface area contributed by atoms with Crippen LogP contribution in [0, 0.1) is 0 Å². The molecule has 0 spiro atoms. The maximum absolute atomic E-state index is 9.97. The van der Waals surface area contributed by atoms with E-state index in [1.807, 2.05) is 0 Å². The van der Waals surface area contributed by atoms with Gasteiger partial charge in [-0.3, -0.25) is 4.57 Å². The van der Waals surface area contributed by atoms with E-state index in [0.717, 1.165) is 34.9 Å². The third-order valence-corrected chi connectivity index (χ3v) is 9.15. The quantitative estimate of drug-likeness (QED) is 0.166. The highest BCUT2D eigenvalue weighted by Gasteiger charge is 2.21. The molecule has 0 amide bonds. The van der Waals surface area contributed by atoms with Crippen molar-refractivity contribution >= 4 is 54.1 Å². The molecule has 4 nitrogen and oxygen atoms in total. The summed E-state index contributed by atoms with van der Waals surface area (Å²) in [6, 6.07) is -2.36. The second-order valence-electron chi connectivity index (χ2n) is 12.2. The van der Waals surface area contributed by atoms with E-state index in [1.165, 1.54) is 24.3 Å². The molecule has 0 aliphatic heterocycles. The first-order chi connectivity index (χ1) is 36.7. The summed E-state index contributed by atoms with van der Waals surface area (Å²) in [4.78, 5) is 14.1. The van der Waals surface area contributed by atoms with Gasteiger partial charge in [-0.05, 0) is 67.2 Å². The van der Waals surface area contributed by atoms with Gasteiger partial charge < -0.3 is 0 Å². The van der Waals surface area contributed by atoms with E-state index in [9.17, 15) is 9.60 Å². The van der Waals surface area contributed by atoms with Gasteiger partial charge >= 0.3 is 0 Å². The Morgan fingerprint density at radius 1 is 0.364 bits per heavy atom. The number of benzene rings is 9. The van der Waals surface area contributed by atoms with Gasteiger partial charge in [0.15, 0.2) is 11.6 Å². The fourth-order valence-electron chi connectivity index (χ4n) is 6.76. The number of rotatable bonds is 5. The Kier molecular flexibility index (Phi) is 3.64. The van der Waals surface area contributed by atoms with Crippen molar-refractivity contribution in [1.29, 1.82) is 0 Å². The van der Waals surface area contributed by atoms with Gasteiger partial charge in [-0.1, -0.05) is 175 Å². The zero-order valence-corrected chi connectivity index (χ0v) is 28.0. The number of aromatic nitrogens is 4. The average Bonchev–Trinajstić information content (AvgIpc) is 3.14.